The Balaban J connectivity index is 1.88. The van der Waals surface area contributed by atoms with Crippen LogP contribution in [0.5, 0.6) is 5.88 Å². The predicted octanol–water partition coefficient (Wildman–Crippen LogP) is 1.60. The Bertz CT molecular complexity index is 699. The number of hydrogen-bond donors (Lipinski definition) is 1. The Hall–Kier alpha value is -2.15. The van der Waals surface area contributed by atoms with Crippen LogP contribution in [-0.2, 0) is 11.2 Å². The minimum Gasteiger partial charge on any atom is -0.479 e. The Morgan fingerprint density at radius 3 is 3.25 bits per heavy atom. The lowest BCUT2D eigenvalue weighted by Gasteiger charge is -2.39. The molecule has 4 rings (SSSR count). The van der Waals surface area contributed by atoms with Crippen LogP contribution in [0.4, 0.5) is 11.5 Å². The van der Waals surface area contributed by atoms with E-state index in [-0.39, 0.29) is 11.9 Å². The van der Waals surface area contributed by atoms with E-state index in [4.69, 9.17) is 4.74 Å². The lowest BCUT2D eigenvalue weighted by Crippen LogP contribution is -2.45. The molecule has 0 aliphatic carbocycles. The number of amides is 1. The van der Waals surface area contributed by atoms with E-state index in [0.717, 1.165) is 24.3 Å². The van der Waals surface area contributed by atoms with E-state index in [2.05, 4.69) is 15.3 Å². The van der Waals surface area contributed by atoms with Gasteiger partial charge in [0.2, 0.25) is 5.88 Å². The van der Waals surface area contributed by atoms with Crippen molar-refractivity contribution in [3.8, 4) is 5.88 Å². The van der Waals surface area contributed by atoms with E-state index in [9.17, 15) is 4.79 Å². The van der Waals surface area contributed by atoms with Gasteiger partial charge in [-0.05, 0) is 23.4 Å². The summed E-state index contributed by atoms with van der Waals surface area (Å²) in [4.78, 5) is 24.2. The van der Waals surface area contributed by atoms with E-state index in [1.54, 1.807) is 11.3 Å². The van der Waals surface area contributed by atoms with E-state index in [0.29, 0.717) is 11.6 Å². The van der Waals surface area contributed by atoms with Crippen LogP contribution < -0.4 is 15.0 Å². The summed E-state index contributed by atoms with van der Waals surface area (Å²) in [6.45, 7) is 0.777. The number of fused-ring (bicyclic) bond motifs is 5. The van der Waals surface area contributed by atoms with Crippen LogP contribution >= 0.6 is 11.3 Å². The molecule has 1 amide bonds. The summed E-state index contributed by atoms with van der Waals surface area (Å²) in [6, 6.07) is 1.73. The molecule has 1 unspecified atom stereocenters. The first-order valence-electron chi connectivity index (χ1n) is 6.32. The molecule has 102 valence electrons. The summed E-state index contributed by atoms with van der Waals surface area (Å²) in [5.41, 5.74) is 1.65. The fraction of sp³-hybridized carbons (Fsp3) is 0.308. The number of aromatic nitrogens is 2. The second kappa shape index (κ2) is 4.17. The Morgan fingerprint density at radius 1 is 1.50 bits per heavy atom. The van der Waals surface area contributed by atoms with Gasteiger partial charge < -0.3 is 15.0 Å². The zero-order valence-corrected chi connectivity index (χ0v) is 11.6. The van der Waals surface area contributed by atoms with Crippen molar-refractivity contribution in [2.24, 2.45) is 0 Å². The third kappa shape index (κ3) is 1.46. The highest BCUT2D eigenvalue weighted by Crippen LogP contribution is 2.44. The van der Waals surface area contributed by atoms with Gasteiger partial charge >= 0.3 is 0 Å². The molecule has 7 heteroatoms. The second-order valence-corrected chi connectivity index (χ2v) is 5.72. The third-order valence-corrected chi connectivity index (χ3v) is 4.72. The Kier molecular flexibility index (Phi) is 2.43. The molecule has 0 saturated carbocycles. The van der Waals surface area contributed by atoms with Crippen LogP contribution in [0, 0.1) is 0 Å². The normalized spacial score (nSPS) is 19.8. The highest BCUT2D eigenvalue weighted by molar-refractivity contribution is 7.10. The van der Waals surface area contributed by atoms with Crippen LogP contribution in [0.3, 0.4) is 0 Å². The first kappa shape index (κ1) is 11.7. The number of nitrogens with zero attached hydrogens (tertiary/aromatic N) is 3. The highest BCUT2D eigenvalue weighted by Gasteiger charge is 2.40. The molecule has 0 aromatic carbocycles. The van der Waals surface area contributed by atoms with Crippen LogP contribution in [-0.4, -0.2) is 29.5 Å². The SMILES string of the molecule is COc1ncnc2c1NC(=O)C1c3ccsc3CCN21. The van der Waals surface area contributed by atoms with Crippen LogP contribution in [0.1, 0.15) is 16.5 Å². The average molecular weight is 288 g/mol. The van der Waals surface area contributed by atoms with Crippen LogP contribution in [0.15, 0.2) is 17.8 Å². The molecule has 0 radical (unpaired) electrons. The van der Waals surface area contributed by atoms with Gasteiger partial charge in [0.05, 0.1) is 7.11 Å². The highest BCUT2D eigenvalue weighted by atomic mass is 32.1. The van der Waals surface area contributed by atoms with Crippen molar-refractivity contribution >= 4 is 28.7 Å². The molecule has 0 bridgehead atoms. The third-order valence-electron chi connectivity index (χ3n) is 3.72. The summed E-state index contributed by atoms with van der Waals surface area (Å²) in [5, 5.41) is 4.92. The first-order valence-corrected chi connectivity index (χ1v) is 7.20. The topological polar surface area (TPSA) is 67.4 Å². The number of ether oxygens (including phenoxy) is 1. The van der Waals surface area contributed by atoms with Crippen molar-refractivity contribution in [1.82, 2.24) is 9.97 Å². The maximum Gasteiger partial charge on any atom is 0.252 e. The number of carbonyl (C=O) groups excluding carboxylic acids is 1. The number of nitrogens with one attached hydrogen (secondary N) is 1. The molecule has 0 spiro atoms. The molecule has 0 saturated heterocycles. The molecule has 1 atom stereocenters. The van der Waals surface area contributed by atoms with Gasteiger partial charge in [0.25, 0.3) is 5.91 Å². The summed E-state index contributed by atoms with van der Waals surface area (Å²) in [6.07, 6.45) is 2.40. The van der Waals surface area contributed by atoms with Gasteiger partial charge in [-0.3, -0.25) is 4.79 Å². The smallest absolute Gasteiger partial charge is 0.252 e. The van der Waals surface area contributed by atoms with Crippen LogP contribution in [0.2, 0.25) is 0 Å². The van der Waals surface area contributed by atoms with E-state index < -0.39 is 0 Å². The average Bonchev–Trinajstić information content (AvgIpc) is 2.94. The zero-order valence-electron chi connectivity index (χ0n) is 10.8. The molecule has 6 nitrogen and oxygen atoms in total. The standard InChI is InChI=1S/C13H12N4O2S/c1-19-13-9-11(14-6-15-13)17-4-2-8-7(3-5-20-8)10(17)12(18)16-9/h3,5-6,10H,2,4H2,1H3,(H,16,18). The molecule has 2 aromatic heterocycles. The van der Waals surface area contributed by atoms with E-state index >= 15 is 0 Å². The molecular formula is C13H12N4O2S. The summed E-state index contributed by atoms with van der Waals surface area (Å²) >= 11 is 1.71. The van der Waals surface area contributed by atoms with E-state index in [1.165, 1.54) is 18.3 Å². The second-order valence-electron chi connectivity index (χ2n) is 4.72. The first-order chi connectivity index (χ1) is 9.79. The van der Waals surface area contributed by atoms with Gasteiger partial charge in [-0.25, -0.2) is 4.98 Å². The van der Waals surface area contributed by atoms with E-state index in [1.807, 2.05) is 16.3 Å². The fourth-order valence-electron chi connectivity index (χ4n) is 2.86. The quantitative estimate of drug-likeness (QED) is 0.863. The number of carbonyl (C=O) groups is 1. The van der Waals surface area contributed by atoms with Gasteiger partial charge in [0.1, 0.15) is 18.1 Å². The molecule has 2 aliphatic rings. The molecule has 2 aliphatic heterocycles. The largest absolute Gasteiger partial charge is 0.479 e. The summed E-state index contributed by atoms with van der Waals surface area (Å²) < 4.78 is 5.20. The lowest BCUT2D eigenvalue weighted by atomic mass is 9.97. The number of hydrogen-bond acceptors (Lipinski definition) is 6. The van der Waals surface area contributed by atoms with Gasteiger partial charge in [0, 0.05) is 11.4 Å². The minimum absolute atomic E-state index is 0.0510. The van der Waals surface area contributed by atoms with Crippen molar-refractivity contribution in [3.63, 3.8) is 0 Å². The minimum atomic E-state index is -0.294. The summed E-state index contributed by atoms with van der Waals surface area (Å²) in [7, 11) is 1.54. The zero-order chi connectivity index (χ0) is 13.7. The van der Waals surface area contributed by atoms with Gasteiger partial charge in [-0.2, -0.15) is 4.98 Å². The predicted molar refractivity (Wildman–Crippen MR) is 75.3 cm³/mol. The lowest BCUT2D eigenvalue weighted by molar-refractivity contribution is -0.118. The Labute approximate surface area is 119 Å². The van der Waals surface area contributed by atoms with Crippen molar-refractivity contribution in [3.05, 3.63) is 28.2 Å². The number of thiophene rings is 1. The molecule has 20 heavy (non-hydrogen) atoms. The molecule has 4 heterocycles. The van der Waals surface area contributed by atoms with Gasteiger partial charge in [0.15, 0.2) is 5.82 Å². The van der Waals surface area contributed by atoms with Crippen molar-refractivity contribution in [2.45, 2.75) is 12.5 Å². The van der Waals surface area contributed by atoms with Crippen molar-refractivity contribution in [1.29, 1.82) is 0 Å². The molecule has 0 fully saturated rings. The maximum absolute atomic E-state index is 12.5. The Morgan fingerprint density at radius 2 is 2.40 bits per heavy atom. The molecule has 1 N–H and O–H groups in total. The fourth-order valence-corrected chi connectivity index (χ4v) is 3.77. The molecular weight excluding hydrogens is 276 g/mol. The number of anilines is 2. The van der Waals surface area contributed by atoms with Crippen molar-refractivity contribution < 1.29 is 9.53 Å². The number of methoxy groups -OCH3 is 1. The summed E-state index contributed by atoms with van der Waals surface area (Å²) in [5.74, 6) is 1.08. The van der Waals surface area contributed by atoms with Crippen LogP contribution in [0.25, 0.3) is 0 Å². The van der Waals surface area contributed by atoms with Crippen molar-refractivity contribution in [2.75, 3.05) is 23.9 Å². The molecule has 2 aromatic rings. The van der Waals surface area contributed by atoms with Gasteiger partial charge in [-0.15, -0.1) is 11.3 Å². The number of rotatable bonds is 1. The monoisotopic (exact) mass is 288 g/mol. The maximum atomic E-state index is 12.5. The van der Waals surface area contributed by atoms with Gasteiger partial charge in [-0.1, -0.05) is 0 Å².